The predicted molar refractivity (Wildman–Crippen MR) is 116 cm³/mol. The molecule has 0 aliphatic carbocycles. The third kappa shape index (κ3) is 6.12. The van der Waals surface area contributed by atoms with Crippen molar-refractivity contribution >= 4 is 12.0 Å². The van der Waals surface area contributed by atoms with Crippen LogP contribution in [-0.4, -0.2) is 129 Å². The van der Waals surface area contributed by atoms with E-state index in [1.165, 1.54) is 25.3 Å². The molecule has 2 aliphatic rings. The molecule has 8 N–H and O–H groups in total. The zero-order valence-electron chi connectivity index (χ0n) is 19.1. The van der Waals surface area contributed by atoms with Gasteiger partial charge in [0.25, 0.3) is 0 Å². The van der Waals surface area contributed by atoms with Crippen molar-refractivity contribution in [3.8, 4) is 11.5 Å². The van der Waals surface area contributed by atoms with E-state index in [1.807, 2.05) is 0 Å². The van der Waals surface area contributed by atoms with E-state index in [2.05, 4.69) is 0 Å². The maximum Gasteiger partial charge on any atom is 0.333 e. The summed E-state index contributed by atoms with van der Waals surface area (Å²) >= 11 is 0. The van der Waals surface area contributed by atoms with Crippen molar-refractivity contribution in [2.24, 2.45) is 0 Å². The topological polar surface area (TPSA) is 225 Å². The molecule has 0 saturated carbocycles. The predicted octanol–water partition coefficient (Wildman–Crippen LogP) is -3.42. The molecule has 14 heteroatoms. The molecule has 10 atom stereocenters. The quantitative estimate of drug-likeness (QED) is 0.124. The zero-order chi connectivity index (χ0) is 26.6. The minimum atomic E-state index is -1.85. The normalized spacial score (nSPS) is 37.1. The zero-order valence-corrected chi connectivity index (χ0v) is 19.1. The van der Waals surface area contributed by atoms with Crippen LogP contribution in [0.5, 0.6) is 11.5 Å². The van der Waals surface area contributed by atoms with Gasteiger partial charge in [-0.2, -0.15) is 0 Å². The maximum absolute atomic E-state index is 12.4. The van der Waals surface area contributed by atoms with Crippen LogP contribution in [0.3, 0.4) is 0 Å². The van der Waals surface area contributed by atoms with Crippen molar-refractivity contribution < 1.29 is 69.3 Å². The molecule has 2 heterocycles. The smallest absolute Gasteiger partial charge is 0.333 e. The van der Waals surface area contributed by atoms with Gasteiger partial charge in [0, 0.05) is 6.08 Å². The van der Waals surface area contributed by atoms with E-state index >= 15 is 0 Å². The number of aliphatic hydroxyl groups excluding tert-OH is 7. The number of carbonyl (C=O) groups excluding carboxylic acids is 1. The van der Waals surface area contributed by atoms with E-state index in [0.29, 0.717) is 5.56 Å². The summed E-state index contributed by atoms with van der Waals surface area (Å²) < 4.78 is 26.2. The second kappa shape index (κ2) is 12.2. The summed E-state index contributed by atoms with van der Waals surface area (Å²) in [6, 6.07) is 4.34. The standard InChI is InChI=1S/C22H30O14/c1-32-11-4-2-9(6-10(11)25)3-5-14(26)35-22-20(18(30)16(28)13(8-24)34-22)36-21-19(31)17(29)15(27)12(7-23)33-21/h2-6,12-13,15-25,27-31H,7-8H2,1H3/b5-3+/t12-,13-,15-,16-,17+,18+,19-,20-,21+,22+/m1/s1. The Balaban J connectivity index is 1.76. The maximum atomic E-state index is 12.4. The molecule has 2 aliphatic heterocycles. The molecule has 0 amide bonds. The molecule has 202 valence electrons. The van der Waals surface area contributed by atoms with Crippen LogP contribution in [0.15, 0.2) is 24.3 Å². The van der Waals surface area contributed by atoms with Crippen LogP contribution in [0.1, 0.15) is 5.56 Å². The molecule has 36 heavy (non-hydrogen) atoms. The van der Waals surface area contributed by atoms with Gasteiger partial charge in [0.15, 0.2) is 23.9 Å². The molecule has 0 radical (unpaired) electrons. The first-order chi connectivity index (χ1) is 17.1. The number of phenolic OH excluding ortho intramolecular Hbond substituents is 1. The molecule has 1 aromatic rings. The van der Waals surface area contributed by atoms with Crippen LogP contribution in [0, 0.1) is 0 Å². The molecule has 0 unspecified atom stereocenters. The lowest BCUT2D eigenvalue weighted by Crippen LogP contribution is -2.64. The van der Waals surface area contributed by atoms with Gasteiger partial charge in [-0.15, -0.1) is 0 Å². The molecule has 0 bridgehead atoms. The van der Waals surface area contributed by atoms with E-state index in [1.54, 1.807) is 6.07 Å². The number of carbonyl (C=O) groups is 1. The summed E-state index contributed by atoms with van der Waals surface area (Å²) in [5.74, 6) is -0.946. The summed E-state index contributed by atoms with van der Waals surface area (Å²) in [6.45, 7) is -1.49. The highest BCUT2D eigenvalue weighted by atomic mass is 16.8. The lowest BCUT2D eigenvalue weighted by Gasteiger charge is -2.45. The number of ether oxygens (including phenoxy) is 5. The number of phenols is 1. The largest absolute Gasteiger partial charge is 0.504 e. The Morgan fingerprint density at radius 2 is 1.53 bits per heavy atom. The highest BCUT2D eigenvalue weighted by Gasteiger charge is 2.51. The molecule has 1 aromatic carbocycles. The van der Waals surface area contributed by atoms with Gasteiger partial charge in [-0.1, -0.05) is 6.07 Å². The number of methoxy groups -OCH3 is 1. The number of benzene rings is 1. The summed E-state index contributed by atoms with van der Waals surface area (Å²) in [4.78, 5) is 12.4. The first-order valence-electron chi connectivity index (χ1n) is 10.9. The highest BCUT2D eigenvalue weighted by molar-refractivity contribution is 5.87. The Morgan fingerprint density at radius 3 is 2.11 bits per heavy atom. The van der Waals surface area contributed by atoms with Gasteiger partial charge < -0.3 is 64.5 Å². The number of hydrogen-bond acceptors (Lipinski definition) is 14. The number of hydrogen-bond donors (Lipinski definition) is 8. The van der Waals surface area contributed by atoms with Crippen LogP contribution in [0.25, 0.3) is 6.08 Å². The van der Waals surface area contributed by atoms with E-state index < -0.39 is 80.6 Å². The van der Waals surface area contributed by atoms with Crippen molar-refractivity contribution in [3.05, 3.63) is 29.8 Å². The molecular weight excluding hydrogens is 488 g/mol. The molecule has 0 aromatic heterocycles. The summed E-state index contributed by atoms with van der Waals surface area (Å²) in [6.07, 6.45) is -14.4. The Hall–Kier alpha value is -2.37. The minimum Gasteiger partial charge on any atom is -0.504 e. The molecule has 3 rings (SSSR count). The number of aromatic hydroxyl groups is 1. The summed E-state index contributed by atoms with van der Waals surface area (Å²) in [5, 5.41) is 79.5. The Labute approximate surface area is 205 Å². The van der Waals surface area contributed by atoms with Crippen LogP contribution >= 0.6 is 0 Å². The van der Waals surface area contributed by atoms with Gasteiger partial charge in [0.2, 0.25) is 6.29 Å². The highest BCUT2D eigenvalue weighted by Crippen LogP contribution is 2.30. The van der Waals surface area contributed by atoms with Crippen molar-refractivity contribution in [2.45, 2.75) is 61.4 Å². The van der Waals surface area contributed by atoms with Gasteiger partial charge in [0.05, 0.1) is 20.3 Å². The van der Waals surface area contributed by atoms with E-state index in [9.17, 15) is 45.6 Å². The van der Waals surface area contributed by atoms with Gasteiger partial charge >= 0.3 is 5.97 Å². The fourth-order valence-corrected chi connectivity index (χ4v) is 3.76. The lowest BCUT2D eigenvalue weighted by atomic mass is 9.97. The van der Waals surface area contributed by atoms with Crippen molar-refractivity contribution in [1.29, 1.82) is 0 Å². The molecule has 0 spiro atoms. The fraction of sp³-hybridized carbons (Fsp3) is 0.591. The Bertz CT molecular complexity index is 907. The van der Waals surface area contributed by atoms with Crippen LogP contribution in [0.4, 0.5) is 0 Å². The summed E-state index contributed by atoms with van der Waals surface area (Å²) in [5.41, 5.74) is 0.410. The van der Waals surface area contributed by atoms with Crippen molar-refractivity contribution in [1.82, 2.24) is 0 Å². The first-order valence-corrected chi connectivity index (χ1v) is 10.9. The Morgan fingerprint density at radius 1 is 0.917 bits per heavy atom. The van der Waals surface area contributed by atoms with Crippen molar-refractivity contribution in [3.63, 3.8) is 0 Å². The second-order valence-corrected chi connectivity index (χ2v) is 8.21. The average molecular weight is 518 g/mol. The van der Waals surface area contributed by atoms with Gasteiger partial charge in [-0.3, -0.25) is 0 Å². The molecular formula is C22H30O14. The Kier molecular flexibility index (Phi) is 9.59. The van der Waals surface area contributed by atoms with Crippen LogP contribution in [-0.2, 0) is 23.7 Å². The van der Waals surface area contributed by atoms with Crippen LogP contribution in [0.2, 0.25) is 0 Å². The van der Waals surface area contributed by atoms with E-state index in [4.69, 9.17) is 23.7 Å². The lowest BCUT2D eigenvalue weighted by molar-refractivity contribution is -0.362. The fourth-order valence-electron chi connectivity index (χ4n) is 3.76. The van der Waals surface area contributed by atoms with Crippen molar-refractivity contribution in [2.75, 3.05) is 20.3 Å². The minimum absolute atomic E-state index is 0.167. The molecule has 2 fully saturated rings. The molecule has 2 saturated heterocycles. The third-order valence-electron chi connectivity index (χ3n) is 5.81. The number of rotatable bonds is 8. The van der Waals surface area contributed by atoms with Gasteiger partial charge in [-0.05, 0) is 23.8 Å². The van der Waals surface area contributed by atoms with Gasteiger partial charge in [-0.25, -0.2) is 4.79 Å². The SMILES string of the molecule is COc1ccc(/C=C/C(=O)O[C@@H]2O[C@H](CO)[C@@H](O)[C@H](O)[C@H]2O[C@@H]2O[C@H](CO)[C@@H](O)[C@H](O)[C@H]2O)cc1O. The van der Waals surface area contributed by atoms with E-state index in [-0.39, 0.29) is 11.5 Å². The average Bonchev–Trinajstić information content (AvgIpc) is 2.87. The molecule has 14 nitrogen and oxygen atoms in total. The second-order valence-electron chi connectivity index (χ2n) is 8.21. The van der Waals surface area contributed by atoms with Gasteiger partial charge in [0.1, 0.15) is 42.7 Å². The number of aliphatic hydroxyl groups is 7. The monoisotopic (exact) mass is 518 g/mol. The van der Waals surface area contributed by atoms with Crippen LogP contribution < -0.4 is 4.74 Å². The van der Waals surface area contributed by atoms with E-state index in [0.717, 1.165) is 6.08 Å². The first kappa shape index (κ1) is 28.2. The third-order valence-corrected chi connectivity index (χ3v) is 5.81. The number of esters is 1. The summed E-state index contributed by atoms with van der Waals surface area (Å²) in [7, 11) is 1.37.